The second-order valence-electron chi connectivity index (χ2n) is 7.17. The number of ether oxygens (including phenoxy) is 1. The van der Waals surface area contributed by atoms with E-state index in [1.165, 1.54) is 7.05 Å². The number of hydrogen-bond acceptors (Lipinski definition) is 5. The topological polar surface area (TPSA) is 86.3 Å². The van der Waals surface area contributed by atoms with Crippen LogP contribution in [0.3, 0.4) is 0 Å². The molecule has 0 atom stereocenters. The Labute approximate surface area is 185 Å². The maximum absolute atomic E-state index is 11.9. The molecule has 3 rings (SSSR count). The number of sulfonamides is 1. The van der Waals surface area contributed by atoms with E-state index in [4.69, 9.17) is 9.73 Å². The maximum Gasteiger partial charge on any atom is 0.240 e. The first-order valence-corrected chi connectivity index (χ1v) is 11.9. The summed E-state index contributed by atoms with van der Waals surface area (Å²) in [4.78, 5) is 9.62. The number of nitrogens with one attached hydrogen (secondary N) is 2. The second kappa shape index (κ2) is 10.5. The molecule has 9 heteroatoms. The smallest absolute Gasteiger partial charge is 0.240 e. The molecular weight excluding hydrogens is 414 g/mol. The number of methoxy groups -OCH3 is 1. The van der Waals surface area contributed by atoms with E-state index in [0.29, 0.717) is 6.54 Å². The molecule has 1 aliphatic heterocycles. The highest BCUT2D eigenvalue weighted by Gasteiger charge is 2.21. The molecule has 0 bridgehead atoms. The van der Waals surface area contributed by atoms with Gasteiger partial charge in [0.1, 0.15) is 5.75 Å². The van der Waals surface area contributed by atoms with Gasteiger partial charge in [-0.1, -0.05) is 24.3 Å². The largest absolute Gasteiger partial charge is 0.495 e. The Bertz CT molecular complexity index is 984. The Morgan fingerprint density at radius 3 is 2.35 bits per heavy atom. The van der Waals surface area contributed by atoms with E-state index in [1.807, 2.05) is 18.2 Å². The van der Waals surface area contributed by atoms with Gasteiger partial charge in [-0.3, -0.25) is 0 Å². The Balaban J connectivity index is 1.65. The number of aliphatic imine (C=N–C) groups is 1. The van der Waals surface area contributed by atoms with Crippen LogP contribution in [0.15, 0.2) is 58.4 Å². The summed E-state index contributed by atoms with van der Waals surface area (Å²) in [7, 11) is -0.318. The summed E-state index contributed by atoms with van der Waals surface area (Å²) in [6.45, 7) is 6.77. The van der Waals surface area contributed by atoms with Crippen LogP contribution in [0, 0.1) is 0 Å². The minimum absolute atomic E-state index is 0.252. The van der Waals surface area contributed by atoms with Gasteiger partial charge >= 0.3 is 0 Å². The summed E-state index contributed by atoms with van der Waals surface area (Å²) in [5.74, 6) is 1.76. The number of para-hydroxylation sites is 2. The number of anilines is 1. The minimum Gasteiger partial charge on any atom is -0.495 e. The van der Waals surface area contributed by atoms with Gasteiger partial charge in [0.2, 0.25) is 10.0 Å². The average Bonchev–Trinajstić information content (AvgIpc) is 2.82. The van der Waals surface area contributed by atoms with Gasteiger partial charge in [-0.15, -0.1) is 0 Å². The number of nitrogens with zero attached hydrogens (tertiary/aromatic N) is 3. The number of benzene rings is 2. The Kier molecular flexibility index (Phi) is 7.75. The lowest BCUT2D eigenvalue weighted by Gasteiger charge is -2.38. The number of piperazine rings is 1. The molecule has 1 aliphatic rings. The fourth-order valence-corrected chi connectivity index (χ4v) is 4.26. The van der Waals surface area contributed by atoms with E-state index in [2.05, 4.69) is 32.8 Å². The van der Waals surface area contributed by atoms with E-state index in [-0.39, 0.29) is 4.90 Å². The molecule has 1 heterocycles. The fourth-order valence-electron chi connectivity index (χ4n) is 3.53. The summed E-state index contributed by atoms with van der Waals surface area (Å²) in [5, 5.41) is 3.37. The first-order valence-electron chi connectivity index (χ1n) is 10.4. The molecule has 0 saturated carbocycles. The van der Waals surface area contributed by atoms with Gasteiger partial charge in [-0.2, -0.15) is 0 Å². The van der Waals surface area contributed by atoms with Gasteiger partial charge in [-0.05, 0) is 43.8 Å². The third-order valence-corrected chi connectivity index (χ3v) is 6.68. The highest BCUT2D eigenvalue weighted by Crippen LogP contribution is 2.28. The van der Waals surface area contributed by atoms with Crippen LogP contribution < -0.4 is 19.7 Å². The van der Waals surface area contributed by atoms with Crippen molar-refractivity contribution < 1.29 is 13.2 Å². The van der Waals surface area contributed by atoms with E-state index >= 15 is 0 Å². The van der Waals surface area contributed by atoms with Gasteiger partial charge in [0.05, 0.1) is 24.2 Å². The van der Waals surface area contributed by atoms with Crippen LogP contribution in [0.1, 0.15) is 12.5 Å². The molecule has 0 aromatic heterocycles. The predicted octanol–water partition coefficient (Wildman–Crippen LogP) is 1.89. The predicted molar refractivity (Wildman–Crippen MR) is 124 cm³/mol. The monoisotopic (exact) mass is 445 g/mol. The Morgan fingerprint density at radius 2 is 1.74 bits per heavy atom. The van der Waals surface area contributed by atoms with Crippen molar-refractivity contribution in [1.82, 2.24) is 14.9 Å². The normalized spacial score (nSPS) is 15.1. The molecule has 0 spiro atoms. The highest BCUT2D eigenvalue weighted by molar-refractivity contribution is 7.89. The summed E-state index contributed by atoms with van der Waals surface area (Å²) < 4.78 is 31.6. The zero-order valence-electron chi connectivity index (χ0n) is 18.3. The Morgan fingerprint density at radius 1 is 1.06 bits per heavy atom. The van der Waals surface area contributed by atoms with Crippen LogP contribution in [-0.2, 0) is 16.6 Å². The first kappa shape index (κ1) is 22.9. The quantitative estimate of drug-likeness (QED) is 0.500. The van der Waals surface area contributed by atoms with Crippen molar-refractivity contribution in [3.63, 3.8) is 0 Å². The summed E-state index contributed by atoms with van der Waals surface area (Å²) in [6.07, 6.45) is 0. The zero-order valence-corrected chi connectivity index (χ0v) is 19.2. The fraction of sp³-hybridized carbons (Fsp3) is 0.409. The average molecular weight is 446 g/mol. The molecular formula is C22H31N5O3S. The van der Waals surface area contributed by atoms with Crippen LogP contribution in [0.4, 0.5) is 5.69 Å². The number of rotatable bonds is 7. The van der Waals surface area contributed by atoms with Crippen LogP contribution in [-0.4, -0.2) is 66.2 Å². The van der Waals surface area contributed by atoms with Gasteiger partial charge in [0, 0.05) is 32.7 Å². The van der Waals surface area contributed by atoms with Gasteiger partial charge in [0.25, 0.3) is 0 Å². The molecule has 0 radical (unpaired) electrons. The van der Waals surface area contributed by atoms with E-state index in [0.717, 1.165) is 55.7 Å². The van der Waals surface area contributed by atoms with Crippen molar-refractivity contribution in [2.24, 2.45) is 4.99 Å². The van der Waals surface area contributed by atoms with Crippen molar-refractivity contribution in [2.75, 3.05) is 51.8 Å². The van der Waals surface area contributed by atoms with Gasteiger partial charge < -0.3 is 19.9 Å². The Hall–Kier alpha value is -2.78. The summed E-state index contributed by atoms with van der Waals surface area (Å²) in [5.41, 5.74) is 2.07. The van der Waals surface area contributed by atoms with Crippen molar-refractivity contribution in [3.8, 4) is 5.75 Å². The van der Waals surface area contributed by atoms with Crippen molar-refractivity contribution in [3.05, 3.63) is 54.1 Å². The molecule has 8 nitrogen and oxygen atoms in total. The second-order valence-corrected chi connectivity index (χ2v) is 9.05. The molecule has 2 aromatic rings. The van der Waals surface area contributed by atoms with E-state index in [9.17, 15) is 8.42 Å². The van der Waals surface area contributed by atoms with Crippen molar-refractivity contribution in [1.29, 1.82) is 0 Å². The number of guanidine groups is 1. The van der Waals surface area contributed by atoms with Crippen LogP contribution >= 0.6 is 0 Å². The molecule has 1 saturated heterocycles. The lowest BCUT2D eigenvalue weighted by molar-refractivity contribution is 0.367. The maximum atomic E-state index is 11.9. The first-order chi connectivity index (χ1) is 15.0. The van der Waals surface area contributed by atoms with Crippen molar-refractivity contribution >= 4 is 21.7 Å². The molecule has 0 amide bonds. The molecule has 0 unspecified atom stereocenters. The van der Waals surface area contributed by atoms with Gasteiger partial charge in [-0.25, -0.2) is 18.1 Å². The standard InChI is InChI=1S/C22H31N5O3S/c1-4-24-22(25-17-18-9-11-19(12-10-18)31(28,29)23-2)27-15-13-26(14-16-27)20-7-5-6-8-21(20)30-3/h5-12,23H,4,13-17H2,1-3H3,(H,24,25). The summed E-state index contributed by atoms with van der Waals surface area (Å²) in [6, 6.07) is 14.9. The van der Waals surface area contributed by atoms with Crippen LogP contribution in [0.25, 0.3) is 0 Å². The molecule has 2 aromatic carbocycles. The molecule has 168 valence electrons. The molecule has 2 N–H and O–H groups in total. The zero-order chi connectivity index (χ0) is 22.3. The molecule has 0 aliphatic carbocycles. The minimum atomic E-state index is -3.43. The lowest BCUT2D eigenvalue weighted by Crippen LogP contribution is -2.52. The number of hydrogen-bond donors (Lipinski definition) is 2. The van der Waals surface area contributed by atoms with E-state index in [1.54, 1.807) is 31.4 Å². The van der Waals surface area contributed by atoms with Crippen molar-refractivity contribution in [2.45, 2.75) is 18.4 Å². The SMILES string of the molecule is CCNC(=NCc1ccc(S(=O)(=O)NC)cc1)N1CCN(c2ccccc2OC)CC1. The highest BCUT2D eigenvalue weighted by atomic mass is 32.2. The van der Waals surface area contributed by atoms with E-state index < -0.39 is 10.0 Å². The van der Waals surface area contributed by atoms with Crippen LogP contribution in [0.5, 0.6) is 5.75 Å². The van der Waals surface area contributed by atoms with Gasteiger partial charge in [0.15, 0.2) is 5.96 Å². The third-order valence-electron chi connectivity index (χ3n) is 5.25. The summed E-state index contributed by atoms with van der Waals surface area (Å²) >= 11 is 0. The lowest BCUT2D eigenvalue weighted by atomic mass is 10.2. The van der Waals surface area contributed by atoms with Crippen LogP contribution in [0.2, 0.25) is 0 Å². The third kappa shape index (κ3) is 5.68. The molecule has 1 fully saturated rings. The molecule has 31 heavy (non-hydrogen) atoms.